The smallest absolute Gasteiger partial charge is 0.269 e. The van der Waals surface area contributed by atoms with Gasteiger partial charge in [0.05, 0.1) is 17.6 Å². The molecule has 21 heavy (non-hydrogen) atoms. The van der Waals surface area contributed by atoms with Crippen LogP contribution in [0.4, 0.5) is 5.69 Å². The Balaban J connectivity index is 1.70. The largest absolute Gasteiger partial charge is 0.376 e. The number of nitro benzene ring substituents is 1. The highest BCUT2D eigenvalue weighted by Crippen LogP contribution is 2.19. The third-order valence-corrected chi connectivity index (χ3v) is 3.54. The molecule has 1 aromatic carbocycles. The van der Waals surface area contributed by atoms with Crippen LogP contribution in [0.3, 0.4) is 0 Å². The number of benzene rings is 1. The molecule has 7 nitrogen and oxygen atoms in total. The van der Waals surface area contributed by atoms with Crippen LogP contribution in [0.1, 0.15) is 19.3 Å². The fraction of sp³-hybridized carbons (Fsp3) is 0.429. The first-order chi connectivity index (χ1) is 10.2. The standard InChI is InChI=1S/C14H16N4O3/c19-18(20)12-6-4-11(5-7-12)14-15-10-17(16-14)9-13-3-1-2-8-21-13/h4-7,10,13H,1-3,8-9H2. The van der Waals surface area contributed by atoms with Crippen molar-refractivity contribution in [3.8, 4) is 11.4 Å². The normalized spacial score (nSPS) is 18.6. The summed E-state index contributed by atoms with van der Waals surface area (Å²) in [6.45, 7) is 1.51. The maximum absolute atomic E-state index is 10.6. The predicted octanol–water partition coefficient (Wildman–Crippen LogP) is 2.42. The molecule has 2 aromatic rings. The summed E-state index contributed by atoms with van der Waals surface area (Å²) in [6.07, 6.45) is 5.24. The number of non-ortho nitro benzene ring substituents is 1. The Morgan fingerprint density at radius 1 is 1.33 bits per heavy atom. The van der Waals surface area contributed by atoms with Gasteiger partial charge >= 0.3 is 0 Å². The van der Waals surface area contributed by atoms with E-state index in [1.54, 1.807) is 23.1 Å². The lowest BCUT2D eigenvalue weighted by atomic mass is 10.1. The van der Waals surface area contributed by atoms with Gasteiger partial charge in [0.2, 0.25) is 0 Å². The Hall–Kier alpha value is -2.28. The number of rotatable bonds is 4. The average Bonchev–Trinajstić information content (AvgIpc) is 2.97. The summed E-state index contributed by atoms with van der Waals surface area (Å²) in [5, 5.41) is 15.0. The minimum atomic E-state index is -0.420. The van der Waals surface area contributed by atoms with Crippen LogP contribution in [0.15, 0.2) is 30.6 Å². The molecule has 0 amide bonds. The van der Waals surface area contributed by atoms with E-state index in [4.69, 9.17) is 4.74 Å². The zero-order valence-corrected chi connectivity index (χ0v) is 11.5. The van der Waals surface area contributed by atoms with Crippen molar-refractivity contribution in [2.45, 2.75) is 31.9 Å². The molecule has 0 radical (unpaired) electrons. The third kappa shape index (κ3) is 3.25. The Morgan fingerprint density at radius 3 is 2.81 bits per heavy atom. The van der Waals surface area contributed by atoms with E-state index in [0.29, 0.717) is 12.4 Å². The molecular formula is C14H16N4O3. The lowest BCUT2D eigenvalue weighted by Crippen LogP contribution is -2.24. The molecule has 7 heteroatoms. The molecule has 0 bridgehead atoms. The molecule has 1 aliphatic heterocycles. The molecule has 0 spiro atoms. The summed E-state index contributed by atoms with van der Waals surface area (Å²) in [5.74, 6) is 0.570. The van der Waals surface area contributed by atoms with Crippen LogP contribution in [0, 0.1) is 10.1 Å². The minimum absolute atomic E-state index is 0.0637. The highest BCUT2D eigenvalue weighted by Gasteiger charge is 2.15. The second kappa shape index (κ2) is 6.01. The van der Waals surface area contributed by atoms with Crippen LogP contribution in [-0.4, -0.2) is 32.4 Å². The highest BCUT2D eigenvalue weighted by molar-refractivity contribution is 5.56. The van der Waals surface area contributed by atoms with E-state index in [2.05, 4.69) is 10.1 Å². The van der Waals surface area contributed by atoms with E-state index in [1.807, 2.05) is 0 Å². The molecule has 1 atom stereocenters. The van der Waals surface area contributed by atoms with Crippen molar-refractivity contribution in [2.24, 2.45) is 0 Å². The molecule has 0 N–H and O–H groups in total. The lowest BCUT2D eigenvalue weighted by Gasteiger charge is -2.21. The summed E-state index contributed by atoms with van der Waals surface area (Å²) in [7, 11) is 0. The maximum atomic E-state index is 10.6. The molecule has 0 saturated carbocycles. The second-order valence-electron chi connectivity index (χ2n) is 5.08. The first-order valence-electron chi connectivity index (χ1n) is 6.98. The van der Waals surface area contributed by atoms with Gasteiger partial charge in [-0.15, -0.1) is 0 Å². The molecular weight excluding hydrogens is 272 g/mol. The van der Waals surface area contributed by atoms with Crippen molar-refractivity contribution < 1.29 is 9.66 Å². The van der Waals surface area contributed by atoms with Gasteiger partial charge in [0.25, 0.3) is 5.69 Å². The van der Waals surface area contributed by atoms with Gasteiger partial charge in [0.15, 0.2) is 5.82 Å². The van der Waals surface area contributed by atoms with E-state index in [9.17, 15) is 10.1 Å². The van der Waals surface area contributed by atoms with Crippen molar-refractivity contribution in [3.63, 3.8) is 0 Å². The lowest BCUT2D eigenvalue weighted by molar-refractivity contribution is -0.384. The molecule has 2 heterocycles. The zero-order valence-electron chi connectivity index (χ0n) is 11.5. The second-order valence-corrected chi connectivity index (χ2v) is 5.08. The minimum Gasteiger partial charge on any atom is -0.376 e. The van der Waals surface area contributed by atoms with Gasteiger partial charge in [-0.1, -0.05) is 0 Å². The summed E-state index contributed by atoms with van der Waals surface area (Å²) < 4.78 is 7.45. The molecule has 1 aliphatic rings. The van der Waals surface area contributed by atoms with Crippen molar-refractivity contribution in [1.82, 2.24) is 14.8 Å². The topological polar surface area (TPSA) is 83.1 Å². The van der Waals surface area contributed by atoms with Crippen LogP contribution >= 0.6 is 0 Å². The van der Waals surface area contributed by atoms with Gasteiger partial charge in [-0.25, -0.2) is 9.67 Å². The van der Waals surface area contributed by atoms with E-state index >= 15 is 0 Å². The van der Waals surface area contributed by atoms with Gasteiger partial charge in [-0.3, -0.25) is 10.1 Å². The maximum Gasteiger partial charge on any atom is 0.269 e. The van der Waals surface area contributed by atoms with Gasteiger partial charge < -0.3 is 4.74 Å². The number of nitrogens with zero attached hydrogens (tertiary/aromatic N) is 4. The van der Waals surface area contributed by atoms with Crippen molar-refractivity contribution in [3.05, 3.63) is 40.7 Å². The Bertz CT molecular complexity index is 617. The van der Waals surface area contributed by atoms with E-state index < -0.39 is 4.92 Å². The van der Waals surface area contributed by atoms with Crippen molar-refractivity contribution >= 4 is 5.69 Å². The molecule has 110 valence electrons. The summed E-state index contributed by atoms with van der Waals surface area (Å²) in [6, 6.07) is 6.24. The molecule has 1 aromatic heterocycles. The fourth-order valence-corrected chi connectivity index (χ4v) is 2.41. The van der Waals surface area contributed by atoms with Crippen molar-refractivity contribution in [1.29, 1.82) is 0 Å². The quantitative estimate of drug-likeness (QED) is 0.637. The van der Waals surface area contributed by atoms with Crippen LogP contribution in [0.2, 0.25) is 0 Å². The van der Waals surface area contributed by atoms with Crippen LogP contribution in [0.5, 0.6) is 0 Å². The summed E-state index contributed by atoms with van der Waals surface area (Å²) in [5.41, 5.74) is 0.831. The molecule has 1 unspecified atom stereocenters. The Morgan fingerprint density at radius 2 is 2.14 bits per heavy atom. The molecule has 0 aliphatic carbocycles. The SMILES string of the molecule is O=[N+]([O-])c1ccc(-c2ncn(CC3CCCCO3)n2)cc1. The predicted molar refractivity (Wildman–Crippen MR) is 75.7 cm³/mol. The first kappa shape index (κ1) is 13.7. The van der Waals surface area contributed by atoms with Crippen LogP contribution in [-0.2, 0) is 11.3 Å². The fourth-order valence-electron chi connectivity index (χ4n) is 2.41. The average molecular weight is 288 g/mol. The van der Waals surface area contributed by atoms with Gasteiger partial charge in [0.1, 0.15) is 6.33 Å². The van der Waals surface area contributed by atoms with Gasteiger partial charge in [-0.2, -0.15) is 5.10 Å². The Kier molecular flexibility index (Phi) is 3.92. The van der Waals surface area contributed by atoms with E-state index in [1.165, 1.54) is 18.6 Å². The number of aromatic nitrogens is 3. The number of hydrogen-bond donors (Lipinski definition) is 0. The molecule has 3 rings (SSSR count). The zero-order chi connectivity index (χ0) is 14.7. The first-order valence-corrected chi connectivity index (χ1v) is 6.98. The summed E-state index contributed by atoms with van der Waals surface area (Å²) >= 11 is 0. The van der Waals surface area contributed by atoms with E-state index in [-0.39, 0.29) is 11.8 Å². The number of ether oxygens (including phenoxy) is 1. The summed E-state index contributed by atoms with van der Waals surface area (Å²) in [4.78, 5) is 14.5. The highest BCUT2D eigenvalue weighted by atomic mass is 16.6. The molecule has 1 saturated heterocycles. The van der Waals surface area contributed by atoms with Gasteiger partial charge in [-0.05, 0) is 31.4 Å². The van der Waals surface area contributed by atoms with Gasteiger partial charge in [0, 0.05) is 24.3 Å². The Labute approximate surface area is 121 Å². The van der Waals surface area contributed by atoms with Crippen molar-refractivity contribution in [2.75, 3.05) is 6.61 Å². The van der Waals surface area contributed by atoms with Crippen LogP contribution in [0.25, 0.3) is 11.4 Å². The monoisotopic (exact) mass is 288 g/mol. The molecule has 1 fully saturated rings. The third-order valence-electron chi connectivity index (χ3n) is 3.54. The van der Waals surface area contributed by atoms with E-state index in [0.717, 1.165) is 25.0 Å². The number of hydrogen-bond acceptors (Lipinski definition) is 5. The number of nitro groups is 1. The van der Waals surface area contributed by atoms with Crippen LogP contribution < -0.4 is 0 Å².